The fourth-order valence-corrected chi connectivity index (χ4v) is 2.73. The van der Waals surface area contributed by atoms with Gasteiger partial charge in [-0.3, -0.25) is 10.1 Å². The highest BCUT2D eigenvalue weighted by Gasteiger charge is 2.21. The molecule has 0 aliphatic heterocycles. The number of phenols is 2. The molecule has 3 N–H and O–H groups in total. The monoisotopic (exact) mass is 328 g/mol. The first-order valence-electron chi connectivity index (χ1n) is 8.15. The highest BCUT2D eigenvalue weighted by molar-refractivity contribution is 5.78. The van der Waals surface area contributed by atoms with E-state index in [-0.39, 0.29) is 24.0 Å². The van der Waals surface area contributed by atoms with E-state index in [1.54, 1.807) is 41.3 Å². The molecule has 128 valence electrons. The number of nitrogens with zero attached hydrogens (tertiary/aromatic N) is 1. The lowest BCUT2D eigenvalue weighted by molar-refractivity contribution is -0.129. The van der Waals surface area contributed by atoms with Crippen molar-refractivity contribution in [1.82, 2.24) is 10.2 Å². The normalized spacial score (nSPS) is 10.8. The van der Waals surface area contributed by atoms with Crippen LogP contribution in [-0.2, 0) is 4.79 Å². The van der Waals surface area contributed by atoms with E-state index in [1.165, 1.54) is 0 Å². The number of carbonyl (C=O) groups excluding carboxylic acids is 1. The first-order valence-corrected chi connectivity index (χ1v) is 8.15. The predicted octanol–water partition coefficient (Wildman–Crippen LogP) is 2.65. The van der Waals surface area contributed by atoms with Crippen LogP contribution in [0.5, 0.6) is 11.5 Å². The third kappa shape index (κ3) is 4.06. The van der Waals surface area contributed by atoms with E-state index in [1.807, 2.05) is 26.0 Å². The predicted molar refractivity (Wildman–Crippen MR) is 94.0 cm³/mol. The summed E-state index contributed by atoms with van der Waals surface area (Å²) >= 11 is 0. The van der Waals surface area contributed by atoms with Crippen LogP contribution in [0.25, 0.3) is 0 Å². The van der Waals surface area contributed by atoms with Gasteiger partial charge in [-0.25, -0.2) is 0 Å². The van der Waals surface area contributed by atoms with Gasteiger partial charge in [-0.05, 0) is 26.0 Å². The van der Waals surface area contributed by atoms with Crippen LogP contribution in [-0.4, -0.2) is 40.7 Å². The number of rotatable bonds is 7. The largest absolute Gasteiger partial charge is 0.508 e. The number of benzene rings is 2. The molecule has 0 saturated carbocycles. The fraction of sp³-hybridized carbons (Fsp3) is 0.316. The molecule has 2 aromatic carbocycles. The Labute approximate surface area is 142 Å². The van der Waals surface area contributed by atoms with Gasteiger partial charge in [-0.2, -0.15) is 0 Å². The Balaban J connectivity index is 2.30. The molecule has 24 heavy (non-hydrogen) atoms. The molecule has 0 aliphatic rings. The quantitative estimate of drug-likeness (QED) is 0.730. The zero-order valence-corrected chi connectivity index (χ0v) is 14.1. The second-order valence-electron chi connectivity index (χ2n) is 5.50. The molecular weight excluding hydrogens is 304 g/mol. The van der Waals surface area contributed by atoms with Crippen LogP contribution >= 0.6 is 0 Å². The van der Waals surface area contributed by atoms with Gasteiger partial charge in [0.1, 0.15) is 11.5 Å². The van der Waals surface area contributed by atoms with Gasteiger partial charge in [0.25, 0.3) is 0 Å². The molecule has 0 saturated heterocycles. The molecule has 2 aromatic rings. The summed E-state index contributed by atoms with van der Waals surface area (Å²) in [5.74, 6) is 0.220. The molecule has 5 heteroatoms. The third-order valence-electron chi connectivity index (χ3n) is 4.07. The summed E-state index contributed by atoms with van der Waals surface area (Å²) in [5, 5.41) is 23.5. The highest BCUT2D eigenvalue weighted by atomic mass is 16.3. The molecule has 0 bridgehead atoms. The van der Waals surface area contributed by atoms with Crippen molar-refractivity contribution in [3.63, 3.8) is 0 Å². The number of nitrogens with one attached hydrogen (secondary N) is 1. The summed E-state index contributed by atoms with van der Waals surface area (Å²) in [4.78, 5) is 14.0. The van der Waals surface area contributed by atoms with E-state index in [0.29, 0.717) is 24.2 Å². The number of amides is 1. The van der Waals surface area contributed by atoms with E-state index >= 15 is 0 Å². The van der Waals surface area contributed by atoms with Gasteiger partial charge in [0.05, 0.1) is 12.6 Å². The zero-order valence-electron chi connectivity index (χ0n) is 14.1. The average molecular weight is 328 g/mol. The average Bonchev–Trinajstić information content (AvgIpc) is 2.59. The number of phenolic OH excluding ortho intramolecular Hbond substituents is 2. The molecule has 0 atom stereocenters. The van der Waals surface area contributed by atoms with E-state index in [0.717, 1.165) is 0 Å². The highest BCUT2D eigenvalue weighted by Crippen LogP contribution is 2.33. The van der Waals surface area contributed by atoms with Crippen LogP contribution in [0, 0.1) is 0 Å². The van der Waals surface area contributed by atoms with Crippen LogP contribution in [0.1, 0.15) is 31.0 Å². The second kappa shape index (κ2) is 8.36. The minimum atomic E-state index is -0.480. The Bertz CT molecular complexity index is 638. The standard InChI is InChI=1S/C19H24N2O3/c1-3-21(4-2)18(24)13-20-19(14-9-5-7-11-16(14)22)15-10-6-8-12-17(15)23/h5-12,19-20,22-23H,3-4,13H2,1-2H3. The summed E-state index contributed by atoms with van der Waals surface area (Å²) < 4.78 is 0. The molecule has 0 fully saturated rings. The van der Waals surface area contributed by atoms with Crippen molar-refractivity contribution < 1.29 is 15.0 Å². The molecule has 0 unspecified atom stereocenters. The maximum absolute atomic E-state index is 12.3. The van der Waals surface area contributed by atoms with Crippen LogP contribution < -0.4 is 5.32 Å². The first kappa shape index (κ1) is 17.8. The Hall–Kier alpha value is -2.53. The van der Waals surface area contributed by atoms with Crippen molar-refractivity contribution in [3.05, 3.63) is 59.7 Å². The number of para-hydroxylation sites is 2. The molecule has 0 heterocycles. The van der Waals surface area contributed by atoms with Crippen molar-refractivity contribution >= 4 is 5.91 Å². The van der Waals surface area contributed by atoms with Gasteiger partial charge in [0.15, 0.2) is 0 Å². The maximum atomic E-state index is 12.3. The maximum Gasteiger partial charge on any atom is 0.236 e. The summed E-state index contributed by atoms with van der Waals surface area (Å²) in [7, 11) is 0. The number of aromatic hydroxyl groups is 2. The lowest BCUT2D eigenvalue weighted by atomic mass is 9.97. The molecule has 2 rings (SSSR count). The molecule has 0 radical (unpaired) electrons. The van der Waals surface area contributed by atoms with E-state index in [2.05, 4.69) is 5.32 Å². The van der Waals surface area contributed by atoms with Gasteiger partial charge in [0.2, 0.25) is 5.91 Å². The Morgan fingerprint density at radius 3 is 1.83 bits per heavy atom. The minimum Gasteiger partial charge on any atom is -0.508 e. The smallest absolute Gasteiger partial charge is 0.236 e. The Kier molecular flexibility index (Phi) is 6.21. The van der Waals surface area contributed by atoms with E-state index in [4.69, 9.17) is 0 Å². The van der Waals surface area contributed by atoms with Gasteiger partial charge < -0.3 is 15.1 Å². The zero-order chi connectivity index (χ0) is 17.5. The number of hydrogen-bond acceptors (Lipinski definition) is 4. The lowest BCUT2D eigenvalue weighted by Gasteiger charge is -2.24. The molecule has 5 nitrogen and oxygen atoms in total. The summed E-state index contributed by atoms with van der Waals surface area (Å²) in [6.45, 7) is 5.29. The van der Waals surface area contributed by atoms with Crippen molar-refractivity contribution in [2.75, 3.05) is 19.6 Å². The van der Waals surface area contributed by atoms with Gasteiger partial charge in [-0.15, -0.1) is 0 Å². The second-order valence-corrected chi connectivity index (χ2v) is 5.50. The van der Waals surface area contributed by atoms with E-state index < -0.39 is 6.04 Å². The van der Waals surface area contributed by atoms with Crippen LogP contribution in [0.2, 0.25) is 0 Å². The van der Waals surface area contributed by atoms with Crippen molar-refractivity contribution in [2.24, 2.45) is 0 Å². The first-order chi connectivity index (χ1) is 11.6. The molecule has 1 amide bonds. The molecule has 0 spiro atoms. The van der Waals surface area contributed by atoms with E-state index in [9.17, 15) is 15.0 Å². The minimum absolute atomic E-state index is 0.0177. The van der Waals surface area contributed by atoms with Gasteiger partial charge >= 0.3 is 0 Å². The Morgan fingerprint density at radius 1 is 0.958 bits per heavy atom. The van der Waals surface area contributed by atoms with Gasteiger partial charge in [0, 0.05) is 24.2 Å². The van der Waals surface area contributed by atoms with Crippen LogP contribution in [0.4, 0.5) is 0 Å². The lowest BCUT2D eigenvalue weighted by Crippen LogP contribution is -2.39. The Morgan fingerprint density at radius 2 is 1.42 bits per heavy atom. The molecular formula is C19H24N2O3. The number of carbonyl (C=O) groups is 1. The van der Waals surface area contributed by atoms with Crippen molar-refractivity contribution in [2.45, 2.75) is 19.9 Å². The molecule has 0 aromatic heterocycles. The topological polar surface area (TPSA) is 72.8 Å². The number of hydrogen-bond donors (Lipinski definition) is 3. The third-order valence-corrected chi connectivity index (χ3v) is 4.07. The molecule has 0 aliphatic carbocycles. The van der Waals surface area contributed by atoms with Crippen molar-refractivity contribution in [1.29, 1.82) is 0 Å². The summed E-state index contributed by atoms with van der Waals surface area (Å²) in [6.07, 6.45) is 0. The van der Waals surface area contributed by atoms with Crippen molar-refractivity contribution in [3.8, 4) is 11.5 Å². The summed E-state index contributed by atoms with van der Waals surface area (Å²) in [5.41, 5.74) is 1.23. The van der Waals surface area contributed by atoms with Crippen LogP contribution in [0.3, 0.4) is 0 Å². The van der Waals surface area contributed by atoms with Gasteiger partial charge in [-0.1, -0.05) is 36.4 Å². The fourth-order valence-electron chi connectivity index (χ4n) is 2.73. The van der Waals surface area contributed by atoms with Crippen LogP contribution in [0.15, 0.2) is 48.5 Å². The summed E-state index contributed by atoms with van der Waals surface area (Å²) in [6, 6.07) is 13.4. The number of likely N-dealkylation sites (N-methyl/N-ethyl adjacent to an activating group) is 1. The SMILES string of the molecule is CCN(CC)C(=O)CNC(c1ccccc1O)c1ccccc1O.